The van der Waals surface area contributed by atoms with Gasteiger partial charge in [-0.25, -0.2) is 4.98 Å². The lowest BCUT2D eigenvalue weighted by Crippen LogP contribution is -2.20. The van der Waals surface area contributed by atoms with Gasteiger partial charge in [0.2, 0.25) is 0 Å². The maximum Gasteiger partial charge on any atom is 0.254 e. The number of carbonyl (C=O) groups is 1. The molecule has 2 rings (SSSR count). The zero-order valence-electron chi connectivity index (χ0n) is 8.88. The third kappa shape index (κ3) is 2.01. The van der Waals surface area contributed by atoms with Gasteiger partial charge in [0.15, 0.2) is 5.82 Å². The minimum Gasteiger partial charge on any atom is -0.399 e. The molecule has 1 aliphatic heterocycles. The van der Waals surface area contributed by atoms with Crippen LogP contribution in [0.25, 0.3) is 0 Å². The third-order valence-corrected chi connectivity index (χ3v) is 2.13. The van der Waals surface area contributed by atoms with Crippen molar-refractivity contribution in [3.63, 3.8) is 0 Å². The molecule has 6 nitrogen and oxygen atoms in total. The van der Waals surface area contributed by atoms with Crippen LogP contribution in [0, 0.1) is 0 Å². The Hall–Kier alpha value is -1.95. The summed E-state index contributed by atoms with van der Waals surface area (Å²) >= 11 is 0. The van der Waals surface area contributed by atoms with Crippen molar-refractivity contribution in [3.8, 4) is 0 Å². The number of nitrogens with two attached hydrogens (primary N) is 1. The van der Waals surface area contributed by atoms with E-state index in [-0.39, 0.29) is 12.3 Å². The largest absolute Gasteiger partial charge is 0.399 e. The van der Waals surface area contributed by atoms with Crippen LogP contribution in [0.3, 0.4) is 0 Å². The SMILES string of the molecule is COCC1=NN(c2cc(N)ccn2)C(=O)C1. The van der Waals surface area contributed by atoms with Crippen molar-refractivity contribution in [2.75, 3.05) is 24.5 Å². The monoisotopic (exact) mass is 220 g/mol. The summed E-state index contributed by atoms with van der Waals surface area (Å²) in [7, 11) is 1.56. The molecule has 0 fully saturated rings. The molecule has 2 heterocycles. The molecule has 1 aromatic heterocycles. The standard InChI is InChI=1S/C10H12N4O2/c1-16-6-8-5-10(15)14(13-8)9-4-7(11)2-3-12-9/h2-4H,5-6H2,1H3,(H2,11,12). The van der Waals surface area contributed by atoms with Crippen LogP contribution in [-0.2, 0) is 9.53 Å². The van der Waals surface area contributed by atoms with Gasteiger partial charge in [-0.05, 0) is 6.07 Å². The van der Waals surface area contributed by atoms with Gasteiger partial charge in [-0.2, -0.15) is 10.1 Å². The number of nitrogen functional groups attached to an aromatic ring is 1. The van der Waals surface area contributed by atoms with Gasteiger partial charge in [-0.1, -0.05) is 0 Å². The van der Waals surface area contributed by atoms with Crippen LogP contribution in [0.5, 0.6) is 0 Å². The molecule has 0 aliphatic carbocycles. The Labute approximate surface area is 92.7 Å². The topological polar surface area (TPSA) is 80.8 Å². The molecule has 6 heteroatoms. The van der Waals surface area contributed by atoms with Crippen molar-refractivity contribution in [2.45, 2.75) is 6.42 Å². The number of hydrogen-bond donors (Lipinski definition) is 1. The molecule has 2 N–H and O–H groups in total. The summed E-state index contributed by atoms with van der Waals surface area (Å²) in [6.07, 6.45) is 1.81. The average molecular weight is 220 g/mol. The number of nitrogens with zero attached hydrogens (tertiary/aromatic N) is 3. The van der Waals surface area contributed by atoms with E-state index in [9.17, 15) is 4.79 Å². The second kappa shape index (κ2) is 4.28. The first kappa shape index (κ1) is 10.6. The number of ether oxygens (including phenoxy) is 1. The summed E-state index contributed by atoms with van der Waals surface area (Å²) in [4.78, 5) is 15.7. The van der Waals surface area contributed by atoms with Gasteiger partial charge in [-0.3, -0.25) is 4.79 Å². The van der Waals surface area contributed by atoms with Crippen LogP contribution in [0.1, 0.15) is 6.42 Å². The predicted octanol–water partition coefficient (Wildman–Crippen LogP) is 0.403. The fourth-order valence-electron chi connectivity index (χ4n) is 1.46. The molecule has 0 saturated heterocycles. The van der Waals surface area contributed by atoms with Crippen molar-refractivity contribution in [1.29, 1.82) is 0 Å². The number of hydrazone groups is 1. The number of amides is 1. The molecule has 1 amide bonds. The van der Waals surface area contributed by atoms with Crippen molar-refractivity contribution in [3.05, 3.63) is 18.3 Å². The van der Waals surface area contributed by atoms with Gasteiger partial charge < -0.3 is 10.5 Å². The average Bonchev–Trinajstić information content (AvgIpc) is 2.60. The number of aromatic nitrogens is 1. The van der Waals surface area contributed by atoms with Gasteiger partial charge in [0.25, 0.3) is 5.91 Å². The minimum absolute atomic E-state index is 0.120. The lowest BCUT2D eigenvalue weighted by Gasteiger charge is -2.10. The molecule has 0 saturated carbocycles. The molecule has 0 bridgehead atoms. The highest BCUT2D eigenvalue weighted by Crippen LogP contribution is 2.19. The van der Waals surface area contributed by atoms with Crippen LogP contribution >= 0.6 is 0 Å². The Morgan fingerprint density at radius 1 is 1.62 bits per heavy atom. The van der Waals surface area contributed by atoms with Crippen LogP contribution in [-0.4, -0.2) is 30.3 Å². The van der Waals surface area contributed by atoms with E-state index in [4.69, 9.17) is 10.5 Å². The Bertz CT molecular complexity index is 444. The van der Waals surface area contributed by atoms with E-state index in [0.717, 1.165) is 0 Å². The third-order valence-electron chi connectivity index (χ3n) is 2.13. The quantitative estimate of drug-likeness (QED) is 0.799. The van der Waals surface area contributed by atoms with Crippen molar-refractivity contribution < 1.29 is 9.53 Å². The number of carbonyl (C=O) groups excluding carboxylic acids is 1. The number of rotatable bonds is 3. The maximum atomic E-state index is 11.6. The summed E-state index contributed by atoms with van der Waals surface area (Å²) in [5, 5.41) is 5.38. The normalized spacial score (nSPS) is 15.4. The summed E-state index contributed by atoms with van der Waals surface area (Å²) in [6.45, 7) is 0.352. The highest BCUT2D eigenvalue weighted by molar-refractivity contribution is 6.13. The van der Waals surface area contributed by atoms with Gasteiger partial charge in [0, 0.05) is 25.1 Å². The maximum absolute atomic E-state index is 11.6. The molecule has 0 spiro atoms. The fourth-order valence-corrected chi connectivity index (χ4v) is 1.46. The number of pyridine rings is 1. The van der Waals surface area contributed by atoms with E-state index in [1.807, 2.05) is 0 Å². The number of hydrogen-bond acceptors (Lipinski definition) is 5. The number of methoxy groups -OCH3 is 1. The zero-order chi connectivity index (χ0) is 11.5. The first-order valence-corrected chi connectivity index (χ1v) is 4.80. The Balaban J connectivity index is 2.24. The van der Waals surface area contributed by atoms with Crippen LogP contribution in [0.2, 0.25) is 0 Å². The molecular weight excluding hydrogens is 208 g/mol. The molecule has 0 radical (unpaired) electrons. The molecule has 0 atom stereocenters. The molecule has 1 aliphatic rings. The van der Waals surface area contributed by atoms with E-state index < -0.39 is 0 Å². The lowest BCUT2D eigenvalue weighted by molar-refractivity contribution is -0.117. The van der Waals surface area contributed by atoms with Crippen molar-refractivity contribution in [1.82, 2.24) is 4.98 Å². The molecule has 16 heavy (non-hydrogen) atoms. The summed E-state index contributed by atoms with van der Waals surface area (Å²) in [6, 6.07) is 3.26. The van der Waals surface area contributed by atoms with E-state index in [1.54, 1.807) is 25.4 Å². The zero-order valence-corrected chi connectivity index (χ0v) is 8.88. The Morgan fingerprint density at radius 3 is 3.12 bits per heavy atom. The van der Waals surface area contributed by atoms with Gasteiger partial charge in [0.1, 0.15) is 0 Å². The van der Waals surface area contributed by atoms with Gasteiger partial charge in [0.05, 0.1) is 18.7 Å². The Morgan fingerprint density at radius 2 is 2.44 bits per heavy atom. The second-order valence-electron chi connectivity index (χ2n) is 3.43. The summed E-state index contributed by atoms with van der Waals surface area (Å²) in [5.41, 5.74) is 6.85. The predicted molar refractivity (Wildman–Crippen MR) is 60.1 cm³/mol. The molecule has 84 valence electrons. The van der Waals surface area contributed by atoms with Gasteiger partial charge in [-0.15, -0.1) is 0 Å². The first-order valence-electron chi connectivity index (χ1n) is 4.80. The smallest absolute Gasteiger partial charge is 0.254 e. The highest BCUT2D eigenvalue weighted by atomic mass is 16.5. The number of anilines is 2. The van der Waals surface area contributed by atoms with E-state index in [0.29, 0.717) is 23.8 Å². The highest BCUT2D eigenvalue weighted by Gasteiger charge is 2.25. The lowest BCUT2D eigenvalue weighted by atomic mass is 10.3. The van der Waals surface area contributed by atoms with E-state index >= 15 is 0 Å². The second-order valence-corrected chi connectivity index (χ2v) is 3.43. The summed E-state index contributed by atoms with van der Waals surface area (Å²) < 4.78 is 4.93. The van der Waals surface area contributed by atoms with E-state index in [1.165, 1.54) is 5.01 Å². The van der Waals surface area contributed by atoms with Crippen LogP contribution < -0.4 is 10.7 Å². The van der Waals surface area contributed by atoms with Crippen molar-refractivity contribution >= 4 is 23.1 Å². The molecule has 0 unspecified atom stereocenters. The van der Waals surface area contributed by atoms with Crippen LogP contribution in [0.4, 0.5) is 11.5 Å². The van der Waals surface area contributed by atoms with Crippen LogP contribution in [0.15, 0.2) is 23.4 Å². The van der Waals surface area contributed by atoms with Crippen molar-refractivity contribution in [2.24, 2.45) is 5.10 Å². The summed E-state index contributed by atoms with van der Waals surface area (Å²) in [5.74, 6) is 0.321. The van der Waals surface area contributed by atoms with Gasteiger partial charge >= 0.3 is 0 Å². The Kier molecular flexibility index (Phi) is 2.82. The first-order chi connectivity index (χ1) is 7.70. The van der Waals surface area contributed by atoms with E-state index in [2.05, 4.69) is 10.1 Å². The minimum atomic E-state index is -0.120. The molecular formula is C10H12N4O2. The molecule has 0 aromatic carbocycles. The fraction of sp³-hybridized carbons (Fsp3) is 0.300. The molecule has 1 aromatic rings.